The molecule has 1 fully saturated rings. The van der Waals surface area contributed by atoms with Crippen LogP contribution in [0.3, 0.4) is 0 Å². The molecule has 1 saturated heterocycles. The Morgan fingerprint density at radius 2 is 2.14 bits per heavy atom. The van der Waals surface area contributed by atoms with Crippen molar-refractivity contribution in [2.75, 3.05) is 13.2 Å². The molecule has 1 aliphatic heterocycles. The van der Waals surface area contributed by atoms with Gasteiger partial charge in [0.2, 0.25) is 0 Å². The molecule has 4 heteroatoms. The third-order valence-electron chi connectivity index (χ3n) is 4.33. The van der Waals surface area contributed by atoms with E-state index in [1.54, 1.807) is 12.1 Å². The Kier molecular flexibility index (Phi) is 5.71. The first-order chi connectivity index (χ1) is 10.1. The van der Waals surface area contributed by atoms with Crippen LogP contribution >= 0.6 is 0 Å². The van der Waals surface area contributed by atoms with E-state index >= 15 is 0 Å². The summed E-state index contributed by atoms with van der Waals surface area (Å²) >= 11 is 0. The minimum atomic E-state index is -0.781. The number of ether oxygens (including phenoxy) is 1. The third-order valence-corrected chi connectivity index (χ3v) is 4.33. The number of rotatable bonds is 6. The third kappa shape index (κ3) is 4.01. The van der Waals surface area contributed by atoms with Crippen molar-refractivity contribution in [3.05, 3.63) is 35.4 Å². The van der Waals surface area contributed by atoms with Crippen molar-refractivity contribution in [1.29, 1.82) is 0 Å². The molecule has 1 aliphatic rings. The SMILES string of the molecule is CCCNC(Cc1cccc(F)c1F)C1(C)CCCCO1. The summed E-state index contributed by atoms with van der Waals surface area (Å²) in [6, 6.07) is 4.38. The van der Waals surface area contributed by atoms with E-state index in [1.807, 2.05) is 0 Å². The predicted molar refractivity (Wildman–Crippen MR) is 80.4 cm³/mol. The normalized spacial score (nSPS) is 24.0. The molecule has 0 spiro atoms. The van der Waals surface area contributed by atoms with Gasteiger partial charge >= 0.3 is 0 Å². The summed E-state index contributed by atoms with van der Waals surface area (Å²) in [6.45, 7) is 5.76. The largest absolute Gasteiger partial charge is 0.374 e. The van der Waals surface area contributed by atoms with Gasteiger partial charge in [-0.05, 0) is 57.2 Å². The summed E-state index contributed by atoms with van der Waals surface area (Å²) in [6.07, 6.45) is 4.58. The Balaban J connectivity index is 2.17. The van der Waals surface area contributed by atoms with Gasteiger partial charge in [0.25, 0.3) is 0 Å². The summed E-state index contributed by atoms with van der Waals surface area (Å²) in [5.41, 5.74) is 0.102. The number of hydrogen-bond donors (Lipinski definition) is 1. The number of nitrogens with one attached hydrogen (secondary N) is 1. The number of halogens is 2. The summed E-state index contributed by atoms with van der Waals surface area (Å²) in [7, 11) is 0. The van der Waals surface area contributed by atoms with E-state index in [0.717, 1.165) is 44.9 Å². The van der Waals surface area contributed by atoms with Crippen LogP contribution in [-0.4, -0.2) is 24.8 Å². The second kappa shape index (κ2) is 7.32. The molecule has 1 aromatic carbocycles. The summed E-state index contributed by atoms with van der Waals surface area (Å²) in [5.74, 6) is -1.52. The van der Waals surface area contributed by atoms with Crippen LogP contribution in [0.1, 0.15) is 45.1 Å². The fraction of sp³-hybridized carbons (Fsp3) is 0.647. The lowest BCUT2D eigenvalue weighted by molar-refractivity contribution is -0.0884. The molecule has 1 aromatic rings. The van der Waals surface area contributed by atoms with Crippen LogP contribution in [0, 0.1) is 11.6 Å². The van der Waals surface area contributed by atoms with Crippen LogP contribution in [0.25, 0.3) is 0 Å². The fourth-order valence-electron chi connectivity index (χ4n) is 2.98. The van der Waals surface area contributed by atoms with Gasteiger partial charge in [-0.1, -0.05) is 19.1 Å². The van der Waals surface area contributed by atoms with Gasteiger partial charge in [0.1, 0.15) is 0 Å². The molecule has 2 rings (SSSR count). The average molecular weight is 297 g/mol. The molecule has 0 amide bonds. The highest BCUT2D eigenvalue weighted by molar-refractivity contribution is 5.21. The fourth-order valence-corrected chi connectivity index (χ4v) is 2.98. The second-order valence-electron chi connectivity index (χ2n) is 6.04. The van der Waals surface area contributed by atoms with Gasteiger partial charge in [-0.25, -0.2) is 8.78 Å². The van der Waals surface area contributed by atoms with E-state index in [9.17, 15) is 8.78 Å². The Hall–Kier alpha value is -1.00. The first kappa shape index (κ1) is 16.4. The molecule has 21 heavy (non-hydrogen) atoms. The van der Waals surface area contributed by atoms with Crippen LogP contribution in [0.2, 0.25) is 0 Å². The topological polar surface area (TPSA) is 21.3 Å². The van der Waals surface area contributed by atoms with E-state index in [2.05, 4.69) is 19.2 Å². The van der Waals surface area contributed by atoms with Gasteiger partial charge in [0, 0.05) is 12.6 Å². The van der Waals surface area contributed by atoms with Crippen molar-refractivity contribution in [3.63, 3.8) is 0 Å². The maximum atomic E-state index is 13.9. The van der Waals surface area contributed by atoms with Gasteiger partial charge in [-0.2, -0.15) is 0 Å². The zero-order valence-corrected chi connectivity index (χ0v) is 12.9. The highest BCUT2D eigenvalue weighted by Gasteiger charge is 2.37. The molecule has 0 saturated carbocycles. The van der Waals surface area contributed by atoms with Gasteiger partial charge in [0.15, 0.2) is 11.6 Å². The maximum Gasteiger partial charge on any atom is 0.162 e. The first-order valence-corrected chi connectivity index (χ1v) is 7.87. The van der Waals surface area contributed by atoms with E-state index in [1.165, 1.54) is 0 Å². The highest BCUT2D eigenvalue weighted by atomic mass is 19.2. The minimum absolute atomic E-state index is 0.00551. The van der Waals surface area contributed by atoms with E-state index in [4.69, 9.17) is 4.74 Å². The van der Waals surface area contributed by atoms with Crippen molar-refractivity contribution in [1.82, 2.24) is 5.32 Å². The standard InChI is InChI=1S/C17H25F2NO/c1-3-10-20-15(17(2)9-4-5-11-21-17)12-13-7-6-8-14(18)16(13)19/h6-8,15,20H,3-5,9-12H2,1-2H3. The molecule has 1 heterocycles. The van der Waals surface area contributed by atoms with Crippen LogP contribution in [0.15, 0.2) is 18.2 Å². The van der Waals surface area contributed by atoms with Crippen LogP contribution < -0.4 is 5.32 Å². The zero-order chi connectivity index (χ0) is 15.3. The van der Waals surface area contributed by atoms with Gasteiger partial charge in [-0.3, -0.25) is 0 Å². The molecule has 0 aromatic heterocycles. The van der Waals surface area contributed by atoms with Crippen LogP contribution in [0.4, 0.5) is 8.78 Å². The molecular weight excluding hydrogens is 272 g/mol. The molecule has 2 nitrogen and oxygen atoms in total. The lowest BCUT2D eigenvalue weighted by Crippen LogP contribution is -2.53. The predicted octanol–water partition coefficient (Wildman–Crippen LogP) is 3.83. The quantitative estimate of drug-likeness (QED) is 0.861. The molecule has 2 unspecified atom stereocenters. The van der Waals surface area contributed by atoms with Crippen molar-refractivity contribution in [2.24, 2.45) is 0 Å². The van der Waals surface area contributed by atoms with E-state index in [0.29, 0.717) is 12.0 Å². The minimum Gasteiger partial charge on any atom is -0.374 e. The number of benzene rings is 1. The highest BCUT2D eigenvalue weighted by Crippen LogP contribution is 2.30. The van der Waals surface area contributed by atoms with Crippen molar-refractivity contribution in [3.8, 4) is 0 Å². The summed E-state index contributed by atoms with van der Waals surface area (Å²) < 4.78 is 33.3. The Morgan fingerprint density at radius 1 is 1.33 bits per heavy atom. The molecule has 0 aliphatic carbocycles. The molecule has 0 radical (unpaired) electrons. The van der Waals surface area contributed by atoms with Crippen molar-refractivity contribution < 1.29 is 13.5 Å². The van der Waals surface area contributed by atoms with Crippen LogP contribution in [-0.2, 0) is 11.2 Å². The van der Waals surface area contributed by atoms with Gasteiger partial charge in [0.05, 0.1) is 5.60 Å². The molecule has 1 N–H and O–H groups in total. The zero-order valence-electron chi connectivity index (χ0n) is 12.9. The molecule has 0 bridgehead atoms. The summed E-state index contributed by atoms with van der Waals surface area (Å²) in [4.78, 5) is 0. The lowest BCUT2D eigenvalue weighted by atomic mass is 9.84. The smallest absolute Gasteiger partial charge is 0.162 e. The second-order valence-corrected chi connectivity index (χ2v) is 6.04. The number of hydrogen-bond acceptors (Lipinski definition) is 2. The molecule has 2 atom stereocenters. The Bertz CT molecular complexity index is 458. The van der Waals surface area contributed by atoms with Crippen LogP contribution in [0.5, 0.6) is 0 Å². The Labute approximate surface area is 125 Å². The first-order valence-electron chi connectivity index (χ1n) is 7.87. The van der Waals surface area contributed by atoms with Gasteiger partial charge < -0.3 is 10.1 Å². The van der Waals surface area contributed by atoms with Gasteiger partial charge in [-0.15, -0.1) is 0 Å². The monoisotopic (exact) mass is 297 g/mol. The van der Waals surface area contributed by atoms with Crippen molar-refractivity contribution in [2.45, 2.75) is 57.6 Å². The molecule has 118 valence electrons. The Morgan fingerprint density at radius 3 is 2.81 bits per heavy atom. The average Bonchev–Trinajstić information content (AvgIpc) is 2.48. The summed E-state index contributed by atoms with van der Waals surface area (Å²) in [5, 5.41) is 3.46. The van der Waals surface area contributed by atoms with E-state index in [-0.39, 0.29) is 11.6 Å². The lowest BCUT2D eigenvalue weighted by Gasteiger charge is -2.41. The maximum absolute atomic E-state index is 13.9. The molecular formula is C17H25F2NO. The van der Waals surface area contributed by atoms with Crippen molar-refractivity contribution >= 4 is 0 Å². The van der Waals surface area contributed by atoms with E-state index < -0.39 is 11.6 Å².